The number of hydrogen-bond acceptors (Lipinski definition) is 2. The van der Waals surface area contributed by atoms with Gasteiger partial charge in [-0.05, 0) is 17.7 Å². The summed E-state index contributed by atoms with van der Waals surface area (Å²) in [6.07, 6.45) is 0. The van der Waals surface area contributed by atoms with E-state index in [0.29, 0.717) is 6.54 Å². The second-order valence-electron chi connectivity index (χ2n) is 4.44. The number of hydrogen-bond donors (Lipinski definition) is 2. The smallest absolute Gasteiger partial charge is 0.309 e. The van der Waals surface area contributed by atoms with Crippen molar-refractivity contribution in [3.8, 4) is 0 Å². The zero-order valence-corrected chi connectivity index (χ0v) is 11.4. The van der Waals surface area contributed by atoms with Gasteiger partial charge in [0.2, 0.25) is 0 Å². The fraction of sp³-hybridized carbons (Fsp3) is 0.333. The Morgan fingerprint density at radius 1 is 1.41 bits per heavy atom. The van der Waals surface area contributed by atoms with Gasteiger partial charge in [0, 0.05) is 16.4 Å². The molecule has 5 heteroatoms. The van der Waals surface area contributed by atoms with Gasteiger partial charge in [-0.3, -0.25) is 9.59 Å². The van der Waals surface area contributed by atoms with Crippen LogP contribution in [0.2, 0.25) is 0 Å². The van der Waals surface area contributed by atoms with Gasteiger partial charge in [0.25, 0.3) is 0 Å². The lowest BCUT2D eigenvalue weighted by Gasteiger charge is -2.25. The molecule has 0 spiro atoms. The standard InChI is InChI=1S/C12H15BrN2O2/c1-12(2,7-15-11(17)10(14)16)8-4-3-5-9(13)6-8/h3-6H,7H2,1-2H3,(H2,14,16)(H,15,17). The fourth-order valence-corrected chi connectivity index (χ4v) is 1.80. The molecule has 1 rings (SSSR count). The van der Waals surface area contributed by atoms with Gasteiger partial charge < -0.3 is 11.1 Å². The van der Waals surface area contributed by atoms with Crippen molar-refractivity contribution in [3.05, 3.63) is 34.3 Å². The zero-order valence-electron chi connectivity index (χ0n) is 9.79. The van der Waals surface area contributed by atoms with Crippen molar-refractivity contribution in [2.75, 3.05) is 6.54 Å². The van der Waals surface area contributed by atoms with Gasteiger partial charge in [-0.15, -0.1) is 0 Å². The van der Waals surface area contributed by atoms with Crippen LogP contribution >= 0.6 is 15.9 Å². The Balaban J connectivity index is 2.75. The number of halogens is 1. The van der Waals surface area contributed by atoms with E-state index in [1.54, 1.807) is 0 Å². The van der Waals surface area contributed by atoms with Crippen LogP contribution < -0.4 is 11.1 Å². The molecule has 0 aliphatic carbocycles. The average Bonchev–Trinajstić information content (AvgIpc) is 2.26. The number of carbonyl (C=O) groups is 2. The molecule has 3 N–H and O–H groups in total. The second-order valence-corrected chi connectivity index (χ2v) is 5.36. The quantitative estimate of drug-likeness (QED) is 0.826. The highest BCUT2D eigenvalue weighted by molar-refractivity contribution is 9.10. The van der Waals surface area contributed by atoms with Crippen LogP contribution in [0.15, 0.2) is 28.7 Å². The summed E-state index contributed by atoms with van der Waals surface area (Å²) in [5, 5.41) is 2.51. The molecule has 0 aliphatic rings. The molecule has 4 nitrogen and oxygen atoms in total. The molecule has 92 valence electrons. The minimum Gasteiger partial charge on any atom is -0.361 e. The first kappa shape index (κ1) is 13.7. The normalized spacial score (nSPS) is 11.0. The maximum Gasteiger partial charge on any atom is 0.309 e. The lowest BCUT2D eigenvalue weighted by Crippen LogP contribution is -2.42. The monoisotopic (exact) mass is 298 g/mol. The molecule has 0 unspecified atom stereocenters. The van der Waals surface area contributed by atoms with Gasteiger partial charge in [-0.25, -0.2) is 0 Å². The van der Waals surface area contributed by atoms with Crippen molar-refractivity contribution in [2.45, 2.75) is 19.3 Å². The molecule has 0 saturated heterocycles. The third-order valence-corrected chi connectivity index (χ3v) is 3.01. The van der Waals surface area contributed by atoms with Crippen LogP contribution in [-0.4, -0.2) is 18.4 Å². The average molecular weight is 299 g/mol. The molecular weight excluding hydrogens is 284 g/mol. The molecule has 0 aromatic heterocycles. The van der Waals surface area contributed by atoms with E-state index in [1.807, 2.05) is 38.1 Å². The summed E-state index contributed by atoms with van der Waals surface area (Å²) in [5.41, 5.74) is 5.67. The van der Waals surface area contributed by atoms with Gasteiger partial charge in [0.15, 0.2) is 0 Å². The molecule has 17 heavy (non-hydrogen) atoms. The van der Waals surface area contributed by atoms with Crippen LogP contribution in [0.25, 0.3) is 0 Å². The Morgan fingerprint density at radius 3 is 2.59 bits per heavy atom. The van der Waals surface area contributed by atoms with Crippen LogP contribution in [0, 0.1) is 0 Å². The molecule has 0 fully saturated rings. The first-order valence-corrected chi connectivity index (χ1v) is 5.96. The van der Waals surface area contributed by atoms with Crippen molar-refractivity contribution in [1.82, 2.24) is 5.32 Å². The van der Waals surface area contributed by atoms with Gasteiger partial charge in [-0.2, -0.15) is 0 Å². The predicted octanol–water partition coefficient (Wildman–Crippen LogP) is 1.33. The molecule has 0 atom stereocenters. The summed E-state index contributed by atoms with van der Waals surface area (Å²) in [7, 11) is 0. The zero-order chi connectivity index (χ0) is 13.1. The number of nitrogens with two attached hydrogens (primary N) is 1. The van der Waals surface area contributed by atoms with E-state index in [0.717, 1.165) is 10.0 Å². The maximum absolute atomic E-state index is 11.1. The van der Waals surface area contributed by atoms with Crippen LogP contribution in [0.5, 0.6) is 0 Å². The number of carbonyl (C=O) groups excluding carboxylic acids is 2. The molecule has 0 saturated carbocycles. The Kier molecular flexibility index (Phi) is 4.28. The highest BCUT2D eigenvalue weighted by Gasteiger charge is 2.22. The van der Waals surface area contributed by atoms with Crippen molar-refractivity contribution >= 4 is 27.7 Å². The second kappa shape index (κ2) is 5.31. The van der Waals surface area contributed by atoms with Crippen molar-refractivity contribution in [1.29, 1.82) is 0 Å². The number of nitrogens with one attached hydrogen (secondary N) is 1. The summed E-state index contributed by atoms with van der Waals surface area (Å²) in [6.45, 7) is 4.32. The molecule has 2 amide bonds. The SMILES string of the molecule is CC(C)(CNC(=O)C(N)=O)c1cccc(Br)c1. The Morgan fingerprint density at radius 2 is 2.06 bits per heavy atom. The molecular formula is C12H15BrN2O2. The first-order valence-electron chi connectivity index (χ1n) is 5.16. The Hall–Kier alpha value is -1.36. The Labute approximate surface area is 109 Å². The van der Waals surface area contributed by atoms with Crippen molar-refractivity contribution in [2.24, 2.45) is 5.73 Å². The van der Waals surface area contributed by atoms with Crippen LogP contribution in [0.3, 0.4) is 0 Å². The molecule has 0 radical (unpaired) electrons. The summed E-state index contributed by atoms with van der Waals surface area (Å²) >= 11 is 3.40. The van der Waals surface area contributed by atoms with Crippen LogP contribution in [0.4, 0.5) is 0 Å². The third-order valence-electron chi connectivity index (χ3n) is 2.52. The summed E-state index contributed by atoms with van der Waals surface area (Å²) < 4.78 is 0.976. The molecule has 1 aromatic carbocycles. The molecule has 0 bridgehead atoms. The molecule has 1 aromatic rings. The summed E-state index contributed by atoms with van der Waals surface area (Å²) in [6, 6.07) is 7.82. The molecule has 0 heterocycles. The first-order chi connectivity index (χ1) is 7.83. The van der Waals surface area contributed by atoms with E-state index in [-0.39, 0.29) is 5.41 Å². The van der Waals surface area contributed by atoms with Crippen molar-refractivity contribution in [3.63, 3.8) is 0 Å². The van der Waals surface area contributed by atoms with E-state index >= 15 is 0 Å². The number of amides is 2. The van der Waals surface area contributed by atoms with Crippen molar-refractivity contribution < 1.29 is 9.59 Å². The van der Waals surface area contributed by atoms with Gasteiger partial charge in [0.1, 0.15) is 0 Å². The topological polar surface area (TPSA) is 72.2 Å². The third kappa shape index (κ3) is 3.85. The highest BCUT2D eigenvalue weighted by Crippen LogP contribution is 2.24. The van der Waals surface area contributed by atoms with E-state index in [4.69, 9.17) is 5.73 Å². The minimum atomic E-state index is -0.963. The molecule has 0 aliphatic heterocycles. The number of rotatable bonds is 3. The van der Waals surface area contributed by atoms with Gasteiger partial charge in [-0.1, -0.05) is 41.9 Å². The van der Waals surface area contributed by atoms with E-state index < -0.39 is 11.8 Å². The van der Waals surface area contributed by atoms with Gasteiger partial charge >= 0.3 is 11.8 Å². The largest absolute Gasteiger partial charge is 0.361 e. The summed E-state index contributed by atoms with van der Waals surface area (Å²) in [4.78, 5) is 21.7. The number of benzene rings is 1. The van der Waals surface area contributed by atoms with Crippen LogP contribution in [-0.2, 0) is 15.0 Å². The Bertz CT molecular complexity index is 444. The van der Waals surface area contributed by atoms with Gasteiger partial charge in [0.05, 0.1) is 0 Å². The number of primary amides is 1. The highest BCUT2D eigenvalue weighted by atomic mass is 79.9. The maximum atomic E-state index is 11.1. The van der Waals surface area contributed by atoms with E-state index in [1.165, 1.54) is 0 Å². The fourth-order valence-electron chi connectivity index (χ4n) is 1.40. The van der Waals surface area contributed by atoms with E-state index in [2.05, 4.69) is 21.2 Å². The van der Waals surface area contributed by atoms with E-state index in [9.17, 15) is 9.59 Å². The minimum absolute atomic E-state index is 0.269. The lowest BCUT2D eigenvalue weighted by atomic mass is 9.84. The predicted molar refractivity (Wildman–Crippen MR) is 69.4 cm³/mol. The van der Waals surface area contributed by atoms with Crippen LogP contribution in [0.1, 0.15) is 19.4 Å². The summed E-state index contributed by atoms with van der Waals surface area (Å²) in [5.74, 6) is -1.72. The lowest BCUT2D eigenvalue weighted by molar-refractivity contribution is -0.137.